The Morgan fingerprint density at radius 3 is 2.45 bits per heavy atom. The number of methoxy groups -OCH3 is 2. The molecular weight excluding hydrogens is 408 g/mol. The van der Waals surface area contributed by atoms with Crippen LogP contribution in [0.5, 0.6) is 11.5 Å². The van der Waals surface area contributed by atoms with Gasteiger partial charge >= 0.3 is 0 Å². The summed E-state index contributed by atoms with van der Waals surface area (Å²) in [5.41, 5.74) is 3.80. The van der Waals surface area contributed by atoms with E-state index in [0.717, 1.165) is 35.1 Å². The second-order valence-corrected chi connectivity index (χ2v) is 8.72. The van der Waals surface area contributed by atoms with Crippen molar-refractivity contribution in [3.05, 3.63) is 69.8 Å². The highest BCUT2D eigenvalue weighted by atomic mass is 32.1. The lowest BCUT2D eigenvalue weighted by Crippen LogP contribution is -2.37. The van der Waals surface area contributed by atoms with Crippen molar-refractivity contribution >= 4 is 12.2 Å². The van der Waals surface area contributed by atoms with E-state index in [1.807, 2.05) is 4.68 Å². The SMILES string of the molecule is COc1cc2c(cc1OC)C(c1ccccc1)N(Cn1nc(C)n(C3CC3)c1=S)CC2. The first-order valence-corrected chi connectivity index (χ1v) is 11.2. The van der Waals surface area contributed by atoms with Crippen LogP contribution in [-0.2, 0) is 13.1 Å². The van der Waals surface area contributed by atoms with E-state index >= 15 is 0 Å². The first kappa shape index (κ1) is 20.3. The summed E-state index contributed by atoms with van der Waals surface area (Å²) in [6.07, 6.45) is 3.34. The molecule has 31 heavy (non-hydrogen) atoms. The highest BCUT2D eigenvalue weighted by molar-refractivity contribution is 7.71. The maximum Gasteiger partial charge on any atom is 0.199 e. The molecule has 1 fully saturated rings. The Morgan fingerprint density at radius 1 is 1.06 bits per heavy atom. The van der Waals surface area contributed by atoms with Crippen LogP contribution in [0.1, 0.15) is 47.4 Å². The Labute approximate surface area is 188 Å². The summed E-state index contributed by atoms with van der Waals surface area (Å²) in [5.74, 6) is 2.55. The number of hydrogen-bond acceptors (Lipinski definition) is 5. The lowest BCUT2D eigenvalue weighted by molar-refractivity contribution is 0.154. The van der Waals surface area contributed by atoms with E-state index < -0.39 is 0 Å². The van der Waals surface area contributed by atoms with E-state index in [4.69, 9.17) is 26.8 Å². The smallest absolute Gasteiger partial charge is 0.199 e. The Balaban J connectivity index is 1.57. The Hall–Kier alpha value is -2.64. The van der Waals surface area contributed by atoms with Crippen molar-refractivity contribution in [2.75, 3.05) is 20.8 Å². The summed E-state index contributed by atoms with van der Waals surface area (Å²) in [4.78, 5) is 2.46. The van der Waals surface area contributed by atoms with E-state index in [1.54, 1.807) is 14.2 Å². The van der Waals surface area contributed by atoms with Gasteiger partial charge in [0.05, 0.1) is 26.9 Å². The molecule has 0 N–H and O–H groups in total. The summed E-state index contributed by atoms with van der Waals surface area (Å²) < 4.78 is 16.2. The van der Waals surface area contributed by atoms with Crippen molar-refractivity contribution in [1.29, 1.82) is 0 Å². The van der Waals surface area contributed by atoms with Gasteiger partial charge in [-0.05, 0) is 67.2 Å². The average Bonchev–Trinajstić information content (AvgIpc) is 3.58. The second-order valence-electron chi connectivity index (χ2n) is 8.35. The molecule has 1 aliphatic carbocycles. The molecule has 2 aromatic carbocycles. The third kappa shape index (κ3) is 3.66. The number of hydrogen-bond donors (Lipinski definition) is 0. The summed E-state index contributed by atoms with van der Waals surface area (Å²) >= 11 is 5.80. The molecule has 1 saturated carbocycles. The number of fused-ring (bicyclic) bond motifs is 1. The van der Waals surface area contributed by atoms with Gasteiger partial charge in [0.2, 0.25) is 0 Å². The summed E-state index contributed by atoms with van der Waals surface area (Å²) in [6.45, 7) is 3.63. The standard InChI is InChI=1S/C24H28N4O2S/c1-16-25-27(24(31)28(16)19-9-10-19)15-26-12-11-18-13-21(29-2)22(30-3)14-20(18)23(26)17-7-5-4-6-8-17/h4-8,13-14,19,23H,9-12,15H2,1-3H3. The lowest BCUT2D eigenvalue weighted by atomic mass is 9.88. The largest absolute Gasteiger partial charge is 0.493 e. The van der Waals surface area contributed by atoms with Crippen LogP contribution in [0.3, 0.4) is 0 Å². The van der Waals surface area contributed by atoms with Gasteiger partial charge in [-0.1, -0.05) is 30.3 Å². The van der Waals surface area contributed by atoms with Crippen LogP contribution in [0.2, 0.25) is 0 Å². The maximum absolute atomic E-state index is 5.80. The highest BCUT2D eigenvalue weighted by Crippen LogP contribution is 2.41. The first-order valence-electron chi connectivity index (χ1n) is 10.8. The van der Waals surface area contributed by atoms with Crippen LogP contribution >= 0.6 is 12.2 Å². The molecule has 0 saturated heterocycles. The van der Waals surface area contributed by atoms with Crippen molar-refractivity contribution in [2.24, 2.45) is 0 Å². The Bertz CT molecular complexity index is 1150. The molecule has 0 amide bonds. The van der Waals surface area contributed by atoms with E-state index in [9.17, 15) is 0 Å². The molecule has 0 bridgehead atoms. The van der Waals surface area contributed by atoms with Gasteiger partial charge in [-0.15, -0.1) is 0 Å². The van der Waals surface area contributed by atoms with Gasteiger partial charge in [0, 0.05) is 12.6 Å². The predicted molar refractivity (Wildman–Crippen MR) is 122 cm³/mol. The second kappa shape index (κ2) is 8.13. The fourth-order valence-corrected chi connectivity index (χ4v) is 5.10. The quantitative estimate of drug-likeness (QED) is 0.525. The zero-order valence-corrected chi connectivity index (χ0v) is 19.1. The molecule has 1 unspecified atom stereocenters. The Kier molecular flexibility index (Phi) is 5.32. The predicted octanol–water partition coefficient (Wildman–Crippen LogP) is 4.68. The van der Waals surface area contributed by atoms with Crippen LogP contribution in [0.4, 0.5) is 0 Å². The normalized spacial score (nSPS) is 18.6. The summed E-state index contributed by atoms with van der Waals surface area (Å²) in [6, 6.07) is 15.5. The van der Waals surface area contributed by atoms with E-state index in [1.165, 1.54) is 29.5 Å². The molecule has 1 atom stereocenters. The van der Waals surface area contributed by atoms with Crippen molar-refractivity contribution in [2.45, 2.75) is 44.9 Å². The number of aryl methyl sites for hydroxylation is 1. The van der Waals surface area contributed by atoms with Gasteiger partial charge in [-0.2, -0.15) is 5.10 Å². The molecule has 2 aliphatic rings. The third-order valence-electron chi connectivity index (χ3n) is 6.36. The van der Waals surface area contributed by atoms with Crippen LogP contribution in [0, 0.1) is 11.7 Å². The molecule has 0 radical (unpaired) electrons. The minimum absolute atomic E-state index is 0.0954. The molecule has 1 aromatic heterocycles. The van der Waals surface area contributed by atoms with Gasteiger partial charge in [0.25, 0.3) is 0 Å². The number of nitrogens with zero attached hydrogens (tertiary/aromatic N) is 4. The molecule has 7 heteroatoms. The van der Waals surface area contributed by atoms with E-state index in [0.29, 0.717) is 12.7 Å². The van der Waals surface area contributed by atoms with Crippen molar-refractivity contribution < 1.29 is 9.47 Å². The zero-order chi connectivity index (χ0) is 21.5. The van der Waals surface area contributed by atoms with E-state index in [2.05, 4.69) is 58.9 Å². The Morgan fingerprint density at radius 2 is 1.77 bits per heavy atom. The molecule has 3 aromatic rings. The average molecular weight is 437 g/mol. The van der Waals surface area contributed by atoms with Gasteiger partial charge in [0.1, 0.15) is 5.82 Å². The minimum atomic E-state index is 0.0954. The van der Waals surface area contributed by atoms with Gasteiger partial charge in [0.15, 0.2) is 16.3 Å². The van der Waals surface area contributed by atoms with Crippen LogP contribution in [0.25, 0.3) is 0 Å². The number of rotatable bonds is 6. The lowest BCUT2D eigenvalue weighted by Gasteiger charge is -2.37. The number of aromatic nitrogens is 3. The monoisotopic (exact) mass is 436 g/mol. The number of ether oxygens (including phenoxy) is 2. The molecular formula is C24H28N4O2S. The fourth-order valence-electron chi connectivity index (χ4n) is 4.72. The summed E-state index contributed by atoms with van der Waals surface area (Å²) in [5, 5.41) is 4.80. The molecule has 1 aliphatic heterocycles. The topological polar surface area (TPSA) is 44.5 Å². The van der Waals surface area contributed by atoms with Crippen molar-refractivity contribution in [3.8, 4) is 11.5 Å². The van der Waals surface area contributed by atoms with Crippen LogP contribution in [0.15, 0.2) is 42.5 Å². The maximum atomic E-state index is 5.80. The van der Waals surface area contributed by atoms with Gasteiger partial charge < -0.3 is 14.0 Å². The van der Waals surface area contributed by atoms with Crippen molar-refractivity contribution in [1.82, 2.24) is 19.2 Å². The zero-order valence-electron chi connectivity index (χ0n) is 18.2. The van der Waals surface area contributed by atoms with Gasteiger partial charge in [-0.25, -0.2) is 4.68 Å². The third-order valence-corrected chi connectivity index (χ3v) is 6.76. The van der Waals surface area contributed by atoms with Crippen molar-refractivity contribution in [3.63, 3.8) is 0 Å². The van der Waals surface area contributed by atoms with Gasteiger partial charge in [-0.3, -0.25) is 4.90 Å². The van der Waals surface area contributed by atoms with Crippen LogP contribution in [-0.4, -0.2) is 40.0 Å². The molecule has 6 nitrogen and oxygen atoms in total. The van der Waals surface area contributed by atoms with E-state index in [-0.39, 0.29) is 6.04 Å². The fraction of sp³-hybridized carbons (Fsp3) is 0.417. The highest BCUT2D eigenvalue weighted by Gasteiger charge is 2.32. The minimum Gasteiger partial charge on any atom is -0.493 e. The first-order chi connectivity index (χ1) is 15.1. The molecule has 0 spiro atoms. The number of benzene rings is 2. The molecule has 2 heterocycles. The molecule has 162 valence electrons. The molecule has 5 rings (SSSR count). The summed E-state index contributed by atoms with van der Waals surface area (Å²) in [7, 11) is 3.38. The van der Waals surface area contributed by atoms with Crippen LogP contribution < -0.4 is 9.47 Å².